The third-order valence-corrected chi connectivity index (χ3v) is 5.15. The van der Waals surface area contributed by atoms with Crippen LogP contribution in [0, 0.1) is 5.92 Å². The molecule has 23 heavy (non-hydrogen) atoms. The van der Waals surface area contributed by atoms with Crippen LogP contribution in [0.2, 0.25) is 0 Å². The van der Waals surface area contributed by atoms with E-state index in [1.165, 1.54) is 12.0 Å². The summed E-state index contributed by atoms with van der Waals surface area (Å²) in [6.45, 7) is 2.47. The van der Waals surface area contributed by atoms with Gasteiger partial charge in [-0.15, -0.1) is 16.4 Å². The Balaban J connectivity index is 1.87. The first-order valence-corrected chi connectivity index (χ1v) is 8.44. The van der Waals surface area contributed by atoms with E-state index in [1.807, 2.05) is 0 Å². The molecule has 0 amide bonds. The lowest BCUT2D eigenvalue weighted by Gasteiger charge is -2.17. The monoisotopic (exact) mass is 337 g/mol. The Morgan fingerprint density at radius 3 is 3.04 bits per heavy atom. The number of rotatable bonds is 5. The molecule has 0 aromatic carbocycles. The highest BCUT2D eigenvalue weighted by Gasteiger charge is 2.24. The van der Waals surface area contributed by atoms with E-state index in [-0.39, 0.29) is 18.7 Å². The van der Waals surface area contributed by atoms with E-state index in [1.54, 1.807) is 11.3 Å². The molecule has 0 bridgehead atoms. The lowest BCUT2D eigenvalue weighted by molar-refractivity contribution is -0.145. The fourth-order valence-electron chi connectivity index (χ4n) is 2.80. The normalized spacial score (nSPS) is 17.2. The van der Waals surface area contributed by atoms with Crippen molar-refractivity contribution >= 4 is 27.5 Å². The third kappa shape index (κ3) is 3.28. The number of carbonyl (C=O) groups excluding carboxylic acids is 1. The number of aromatic nitrogens is 3. The molecule has 1 aliphatic carbocycles. The van der Waals surface area contributed by atoms with Gasteiger partial charge in [0, 0.05) is 12.0 Å². The van der Waals surface area contributed by atoms with E-state index in [0.29, 0.717) is 22.7 Å². The highest BCUT2D eigenvalue weighted by molar-refractivity contribution is 7.18. The molecule has 2 aromatic heterocycles. The van der Waals surface area contributed by atoms with E-state index in [4.69, 9.17) is 9.47 Å². The van der Waals surface area contributed by atoms with Crippen LogP contribution < -0.4 is 5.56 Å². The van der Waals surface area contributed by atoms with Gasteiger partial charge in [-0.25, -0.2) is 0 Å². The maximum Gasteiger partial charge on any atom is 0.328 e. The van der Waals surface area contributed by atoms with Gasteiger partial charge in [-0.3, -0.25) is 9.59 Å². The molecule has 0 saturated heterocycles. The van der Waals surface area contributed by atoms with Crippen LogP contribution in [0.1, 0.15) is 23.8 Å². The summed E-state index contributed by atoms with van der Waals surface area (Å²) in [6, 6.07) is 0. The maximum atomic E-state index is 12.6. The predicted octanol–water partition coefficient (Wildman–Crippen LogP) is 1.17. The van der Waals surface area contributed by atoms with Crippen LogP contribution in [-0.2, 0) is 33.7 Å². The lowest BCUT2D eigenvalue weighted by Crippen LogP contribution is -2.29. The summed E-state index contributed by atoms with van der Waals surface area (Å²) in [7, 11) is 1.53. The van der Waals surface area contributed by atoms with Crippen molar-refractivity contribution in [3.63, 3.8) is 0 Å². The van der Waals surface area contributed by atoms with Crippen molar-refractivity contribution in [1.29, 1.82) is 0 Å². The average Bonchev–Trinajstić information content (AvgIpc) is 2.88. The molecule has 0 unspecified atom stereocenters. The minimum absolute atomic E-state index is 0.158. The van der Waals surface area contributed by atoms with Crippen LogP contribution in [0.25, 0.3) is 10.2 Å². The summed E-state index contributed by atoms with van der Waals surface area (Å²) in [5, 5.41) is 8.61. The van der Waals surface area contributed by atoms with Crippen LogP contribution >= 0.6 is 11.3 Å². The molecule has 0 N–H and O–H groups in total. The molecule has 7 nitrogen and oxygen atoms in total. The van der Waals surface area contributed by atoms with Crippen LogP contribution in [0.15, 0.2) is 4.79 Å². The highest BCUT2D eigenvalue weighted by atomic mass is 32.1. The van der Waals surface area contributed by atoms with Crippen molar-refractivity contribution in [3.8, 4) is 0 Å². The minimum atomic E-state index is -0.518. The van der Waals surface area contributed by atoms with Gasteiger partial charge in [-0.05, 0) is 30.7 Å². The topological polar surface area (TPSA) is 83.3 Å². The van der Waals surface area contributed by atoms with E-state index in [9.17, 15) is 9.59 Å². The Bertz CT molecular complexity index is 783. The van der Waals surface area contributed by atoms with Gasteiger partial charge in [-0.2, -0.15) is 4.68 Å². The fourth-order valence-corrected chi connectivity index (χ4v) is 4.12. The Morgan fingerprint density at radius 1 is 1.43 bits per heavy atom. The number of carbonyl (C=O) groups is 1. The summed E-state index contributed by atoms with van der Waals surface area (Å²) in [4.78, 5) is 26.3. The van der Waals surface area contributed by atoms with Crippen LogP contribution in [0.4, 0.5) is 0 Å². The second-order valence-electron chi connectivity index (χ2n) is 5.80. The van der Waals surface area contributed by atoms with Crippen molar-refractivity contribution in [2.45, 2.75) is 32.7 Å². The van der Waals surface area contributed by atoms with Crippen LogP contribution in [0.5, 0.6) is 0 Å². The van der Waals surface area contributed by atoms with Crippen LogP contribution in [-0.4, -0.2) is 41.3 Å². The number of hydrogen-bond acceptors (Lipinski definition) is 7. The number of nitrogens with zero attached hydrogens (tertiary/aromatic N) is 3. The van der Waals surface area contributed by atoms with E-state index in [2.05, 4.69) is 17.2 Å². The molecule has 3 rings (SSSR count). The number of methoxy groups -OCH3 is 1. The number of aryl methyl sites for hydroxylation is 1. The number of thiophene rings is 1. The molecule has 2 heterocycles. The largest absolute Gasteiger partial charge is 0.462 e. The molecular formula is C15H19N3O4S. The fraction of sp³-hybridized carbons (Fsp3) is 0.600. The molecule has 0 radical (unpaired) electrons. The van der Waals surface area contributed by atoms with Gasteiger partial charge in [0.2, 0.25) is 0 Å². The van der Waals surface area contributed by atoms with Gasteiger partial charge in [0.1, 0.15) is 13.2 Å². The molecule has 0 spiro atoms. The first-order valence-electron chi connectivity index (χ1n) is 7.62. The summed E-state index contributed by atoms with van der Waals surface area (Å²) < 4.78 is 10.9. The lowest BCUT2D eigenvalue weighted by atomic mass is 9.89. The van der Waals surface area contributed by atoms with Gasteiger partial charge in [-0.1, -0.05) is 12.1 Å². The highest BCUT2D eigenvalue weighted by Crippen LogP contribution is 2.35. The molecule has 1 aliphatic rings. The zero-order valence-electron chi connectivity index (χ0n) is 13.2. The zero-order valence-corrected chi connectivity index (χ0v) is 14.0. The minimum Gasteiger partial charge on any atom is -0.462 e. The van der Waals surface area contributed by atoms with Gasteiger partial charge >= 0.3 is 5.97 Å². The van der Waals surface area contributed by atoms with E-state index in [0.717, 1.165) is 29.5 Å². The smallest absolute Gasteiger partial charge is 0.328 e. The average molecular weight is 337 g/mol. The van der Waals surface area contributed by atoms with Crippen molar-refractivity contribution in [3.05, 3.63) is 20.8 Å². The van der Waals surface area contributed by atoms with Crippen LogP contribution in [0.3, 0.4) is 0 Å². The van der Waals surface area contributed by atoms with E-state index < -0.39 is 5.97 Å². The Morgan fingerprint density at radius 2 is 2.26 bits per heavy atom. The molecular weight excluding hydrogens is 318 g/mol. The molecule has 0 fully saturated rings. The second kappa shape index (κ2) is 6.76. The van der Waals surface area contributed by atoms with Crippen molar-refractivity contribution in [2.24, 2.45) is 5.92 Å². The first-order chi connectivity index (χ1) is 11.1. The number of esters is 1. The Labute approximate surface area is 137 Å². The number of ether oxygens (including phenoxy) is 2. The van der Waals surface area contributed by atoms with Gasteiger partial charge in [0.15, 0.2) is 4.83 Å². The Kier molecular flexibility index (Phi) is 4.72. The molecule has 1 atom stereocenters. The summed E-state index contributed by atoms with van der Waals surface area (Å²) in [5.74, 6) is 0.108. The standard InChI is InChI=1S/C15H19N3O4S/c1-9-3-4-10-11(7-9)23-14-13(10)15(20)18(17-16-14)8-12(19)22-6-5-21-2/h9H,3-8H2,1-2H3/t9-/m0/s1. The maximum absolute atomic E-state index is 12.6. The van der Waals surface area contributed by atoms with Gasteiger partial charge in [0.05, 0.1) is 12.0 Å². The van der Waals surface area contributed by atoms with Crippen molar-refractivity contribution in [1.82, 2.24) is 15.0 Å². The molecule has 0 saturated carbocycles. The number of hydrogen-bond donors (Lipinski definition) is 0. The third-order valence-electron chi connectivity index (χ3n) is 4.01. The van der Waals surface area contributed by atoms with Crippen molar-refractivity contribution in [2.75, 3.05) is 20.3 Å². The SMILES string of the molecule is COCCOC(=O)Cn1nnc2sc3c(c2c1=O)CC[C@H](C)C3. The molecule has 2 aromatic rings. The summed E-state index contributed by atoms with van der Waals surface area (Å²) in [6.07, 6.45) is 2.93. The number of fused-ring (bicyclic) bond motifs is 3. The molecule has 0 aliphatic heterocycles. The summed E-state index contributed by atoms with van der Waals surface area (Å²) >= 11 is 1.54. The van der Waals surface area contributed by atoms with Gasteiger partial charge in [0.25, 0.3) is 5.56 Å². The second-order valence-corrected chi connectivity index (χ2v) is 6.88. The molecule has 124 valence electrons. The van der Waals surface area contributed by atoms with Gasteiger partial charge < -0.3 is 9.47 Å². The summed E-state index contributed by atoms with van der Waals surface area (Å²) in [5.41, 5.74) is 0.829. The first kappa shape index (κ1) is 16.1. The van der Waals surface area contributed by atoms with E-state index >= 15 is 0 Å². The zero-order chi connectivity index (χ0) is 16.4. The quantitative estimate of drug-likeness (QED) is 0.601. The predicted molar refractivity (Wildman–Crippen MR) is 85.7 cm³/mol. The Hall–Kier alpha value is -1.80. The van der Waals surface area contributed by atoms with Crippen molar-refractivity contribution < 1.29 is 14.3 Å². The molecule has 8 heteroatoms.